The molecule has 9 nitrogen and oxygen atoms in total. The predicted octanol–water partition coefficient (Wildman–Crippen LogP) is -0.0603. The molecule has 0 saturated heterocycles. The molecular weight excluding hydrogens is 402 g/mol. The van der Waals surface area contributed by atoms with E-state index in [0.717, 1.165) is 5.56 Å². The number of hydrogen-bond acceptors (Lipinski definition) is 6. The molecule has 31 heavy (non-hydrogen) atoms. The first-order valence-electron chi connectivity index (χ1n) is 9.76. The van der Waals surface area contributed by atoms with E-state index in [1.807, 2.05) is 0 Å². The Kier molecular flexibility index (Phi) is 8.53. The molecule has 0 unspecified atom stereocenters. The SMILES string of the molecule is C[C@@H](O)[C@H](N)C(=O)N[C@@H](Cc1ccc(O)cc1)C(=O)N[C@@H](Cc1ccccc1)C(=O)O. The van der Waals surface area contributed by atoms with E-state index in [2.05, 4.69) is 10.6 Å². The zero-order chi connectivity index (χ0) is 23.0. The molecule has 0 aromatic heterocycles. The van der Waals surface area contributed by atoms with Crippen LogP contribution in [0.2, 0.25) is 0 Å². The minimum atomic E-state index is -1.25. The molecule has 0 saturated carbocycles. The monoisotopic (exact) mass is 429 g/mol. The van der Waals surface area contributed by atoms with Gasteiger partial charge in [0.25, 0.3) is 0 Å². The van der Waals surface area contributed by atoms with Crippen LogP contribution in [0.4, 0.5) is 0 Å². The maximum atomic E-state index is 12.9. The molecule has 0 aliphatic carbocycles. The van der Waals surface area contributed by atoms with Crippen molar-refractivity contribution in [3.63, 3.8) is 0 Å². The Hall–Kier alpha value is -3.43. The lowest BCUT2D eigenvalue weighted by Crippen LogP contribution is -2.57. The van der Waals surface area contributed by atoms with E-state index in [9.17, 15) is 29.7 Å². The lowest BCUT2D eigenvalue weighted by molar-refractivity contribution is -0.142. The van der Waals surface area contributed by atoms with Gasteiger partial charge in [0.15, 0.2) is 0 Å². The number of amides is 2. The standard InChI is InChI=1S/C22H27N3O6/c1-13(26)19(23)21(29)24-17(11-15-7-9-16(27)10-8-15)20(28)25-18(22(30)31)12-14-5-3-2-4-6-14/h2-10,13,17-19,26-27H,11-12,23H2,1H3,(H,24,29)(H,25,28)(H,30,31)/t13-,17+,18+,19+/m1/s1. The second-order valence-electron chi connectivity index (χ2n) is 7.29. The number of nitrogens with two attached hydrogens (primary N) is 1. The number of rotatable bonds is 10. The summed E-state index contributed by atoms with van der Waals surface area (Å²) in [5.41, 5.74) is 7.00. The lowest BCUT2D eigenvalue weighted by atomic mass is 10.0. The van der Waals surface area contributed by atoms with Crippen molar-refractivity contribution in [2.45, 2.75) is 44.0 Å². The number of aliphatic carboxylic acids is 1. The van der Waals surface area contributed by atoms with Gasteiger partial charge in [-0.1, -0.05) is 42.5 Å². The van der Waals surface area contributed by atoms with Gasteiger partial charge in [0.2, 0.25) is 11.8 Å². The Bertz CT molecular complexity index is 886. The highest BCUT2D eigenvalue weighted by Gasteiger charge is 2.29. The Morgan fingerprint density at radius 3 is 1.94 bits per heavy atom. The number of aliphatic hydroxyl groups is 1. The molecular formula is C22H27N3O6. The minimum absolute atomic E-state index is 0.0298. The van der Waals surface area contributed by atoms with Crippen LogP contribution in [0.25, 0.3) is 0 Å². The van der Waals surface area contributed by atoms with Crippen molar-refractivity contribution in [1.29, 1.82) is 0 Å². The van der Waals surface area contributed by atoms with Crippen LogP contribution in [-0.2, 0) is 27.2 Å². The lowest BCUT2D eigenvalue weighted by Gasteiger charge is -2.24. The number of carboxylic acids is 1. The average Bonchev–Trinajstić information content (AvgIpc) is 2.74. The van der Waals surface area contributed by atoms with E-state index in [-0.39, 0.29) is 18.6 Å². The zero-order valence-corrected chi connectivity index (χ0v) is 17.1. The molecule has 166 valence electrons. The molecule has 2 aromatic rings. The first kappa shape index (κ1) is 23.8. The minimum Gasteiger partial charge on any atom is -0.508 e. The molecule has 0 fully saturated rings. The van der Waals surface area contributed by atoms with Gasteiger partial charge in [0, 0.05) is 12.8 Å². The van der Waals surface area contributed by atoms with Gasteiger partial charge >= 0.3 is 5.97 Å². The summed E-state index contributed by atoms with van der Waals surface area (Å²) in [7, 11) is 0. The number of carbonyl (C=O) groups excluding carboxylic acids is 2. The largest absolute Gasteiger partial charge is 0.508 e. The van der Waals surface area contributed by atoms with Crippen molar-refractivity contribution in [3.05, 3.63) is 65.7 Å². The number of phenols is 1. The zero-order valence-electron chi connectivity index (χ0n) is 17.1. The Labute approximate surface area is 179 Å². The molecule has 0 spiro atoms. The summed E-state index contributed by atoms with van der Waals surface area (Å²) in [5, 5.41) is 33.5. The van der Waals surface area contributed by atoms with Gasteiger partial charge in [-0.05, 0) is 30.2 Å². The van der Waals surface area contributed by atoms with Crippen molar-refractivity contribution >= 4 is 17.8 Å². The quantitative estimate of drug-likeness (QED) is 0.308. The van der Waals surface area contributed by atoms with E-state index in [1.165, 1.54) is 19.1 Å². The third kappa shape index (κ3) is 7.40. The van der Waals surface area contributed by atoms with Crippen LogP contribution in [-0.4, -0.2) is 57.3 Å². The second-order valence-corrected chi connectivity index (χ2v) is 7.29. The summed E-state index contributed by atoms with van der Waals surface area (Å²) in [6.45, 7) is 1.35. The maximum absolute atomic E-state index is 12.9. The van der Waals surface area contributed by atoms with Crippen molar-refractivity contribution < 1.29 is 29.7 Å². The predicted molar refractivity (Wildman–Crippen MR) is 113 cm³/mol. The van der Waals surface area contributed by atoms with Crippen molar-refractivity contribution in [3.8, 4) is 5.75 Å². The van der Waals surface area contributed by atoms with Crippen LogP contribution < -0.4 is 16.4 Å². The number of carboxylic acid groups (broad SMARTS) is 1. The fourth-order valence-corrected chi connectivity index (χ4v) is 2.89. The molecule has 2 aromatic carbocycles. The summed E-state index contributed by atoms with van der Waals surface area (Å²) in [4.78, 5) is 36.9. The molecule has 0 aliphatic heterocycles. The Morgan fingerprint density at radius 1 is 0.871 bits per heavy atom. The van der Waals surface area contributed by atoms with E-state index >= 15 is 0 Å². The first-order valence-corrected chi connectivity index (χ1v) is 9.76. The highest BCUT2D eigenvalue weighted by atomic mass is 16.4. The summed E-state index contributed by atoms with van der Waals surface area (Å²) in [6.07, 6.45) is -1.04. The number of aliphatic hydroxyl groups excluding tert-OH is 1. The van der Waals surface area contributed by atoms with Crippen molar-refractivity contribution in [1.82, 2.24) is 10.6 Å². The van der Waals surface area contributed by atoms with Gasteiger partial charge in [-0.15, -0.1) is 0 Å². The van der Waals surface area contributed by atoms with Crippen LogP contribution in [0, 0.1) is 0 Å². The number of nitrogens with one attached hydrogen (secondary N) is 2. The second kappa shape index (κ2) is 11.1. The third-order valence-corrected chi connectivity index (χ3v) is 4.73. The fourth-order valence-electron chi connectivity index (χ4n) is 2.89. The van der Waals surface area contributed by atoms with Crippen LogP contribution in [0.1, 0.15) is 18.1 Å². The van der Waals surface area contributed by atoms with Gasteiger partial charge in [0.05, 0.1) is 6.10 Å². The van der Waals surface area contributed by atoms with Crippen LogP contribution in [0.3, 0.4) is 0 Å². The van der Waals surface area contributed by atoms with E-state index < -0.39 is 42.0 Å². The molecule has 7 N–H and O–H groups in total. The summed E-state index contributed by atoms with van der Waals surface area (Å²) >= 11 is 0. The molecule has 2 amide bonds. The Morgan fingerprint density at radius 2 is 1.39 bits per heavy atom. The number of aromatic hydroxyl groups is 1. The summed E-state index contributed by atoms with van der Waals surface area (Å²) in [5.74, 6) is -2.63. The summed E-state index contributed by atoms with van der Waals surface area (Å²) < 4.78 is 0. The number of benzene rings is 2. The molecule has 0 radical (unpaired) electrons. The van der Waals surface area contributed by atoms with E-state index in [1.54, 1.807) is 42.5 Å². The molecule has 0 bridgehead atoms. The van der Waals surface area contributed by atoms with E-state index in [0.29, 0.717) is 5.56 Å². The number of phenolic OH excluding ortho intramolecular Hbond substituents is 1. The van der Waals surface area contributed by atoms with Crippen LogP contribution >= 0.6 is 0 Å². The van der Waals surface area contributed by atoms with E-state index in [4.69, 9.17) is 5.73 Å². The van der Waals surface area contributed by atoms with Gasteiger partial charge < -0.3 is 31.7 Å². The molecule has 0 heterocycles. The highest BCUT2D eigenvalue weighted by molar-refractivity contribution is 5.92. The normalized spacial score (nSPS) is 14.7. The highest BCUT2D eigenvalue weighted by Crippen LogP contribution is 2.12. The Balaban J connectivity index is 2.18. The van der Waals surface area contributed by atoms with Crippen LogP contribution in [0.5, 0.6) is 5.75 Å². The molecule has 4 atom stereocenters. The maximum Gasteiger partial charge on any atom is 0.326 e. The fraction of sp³-hybridized carbons (Fsp3) is 0.318. The number of hydrogen-bond donors (Lipinski definition) is 6. The number of carbonyl (C=O) groups is 3. The van der Waals surface area contributed by atoms with Gasteiger partial charge in [-0.2, -0.15) is 0 Å². The topological polar surface area (TPSA) is 162 Å². The van der Waals surface area contributed by atoms with Gasteiger partial charge in [-0.3, -0.25) is 9.59 Å². The molecule has 0 aliphatic rings. The summed E-state index contributed by atoms with van der Waals surface area (Å²) in [6, 6.07) is 11.2. The van der Waals surface area contributed by atoms with Crippen LogP contribution in [0.15, 0.2) is 54.6 Å². The molecule has 9 heteroatoms. The van der Waals surface area contributed by atoms with Gasteiger partial charge in [-0.25, -0.2) is 4.79 Å². The third-order valence-electron chi connectivity index (χ3n) is 4.73. The van der Waals surface area contributed by atoms with Crippen molar-refractivity contribution in [2.75, 3.05) is 0 Å². The first-order chi connectivity index (χ1) is 14.7. The average molecular weight is 429 g/mol. The van der Waals surface area contributed by atoms with Gasteiger partial charge in [0.1, 0.15) is 23.9 Å². The van der Waals surface area contributed by atoms with Crippen molar-refractivity contribution in [2.24, 2.45) is 5.73 Å². The molecule has 2 rings (SSSR count). The smallest absolute Gasteiger partial charge is 0.326 e.